The highest BCUT2D eigenvalue weighted by Crippen LogP contribution is 2.19. The maximum absolute atomic E-state index is 13.4. The van der Waals surface area contributed by atoms with E-state index in [1.54, 1.807) is 6.07 Å². The fourth-order valence-corrected chi connectivity index (χ4v) is 3.53. The number of benzene rings is 1. The number of amides is 1. The third-order valence-corrected chi connectivity index (χ3v) is 4.99. The molecule has 1 unspecified atom stereocenters. The van der Waals surface area contributed by atoms with Crippen molar-refractivity contribution in [2.75, 3.05) is 13.1 Å². The van der Waals surface area contributed by atoms with Gasteiger partial charge in [0.05, 0.1) is 12.5 Å². The van der Waals surface area contributed by atoms with E-state index in [9.17, 15) is 14.0 Å². The van der Waals surface area contributed by atoms with Gasteiger partial charge in [0.1, 0.15) is 17.8 Å². The molecule has 2 aliphatic rings. The largest absolute Gasteiger partial charge is 0.481 e. The Morgan fingerprint density at radius 1 is 1.31 bits per heavy atom. The summed E-state index contributed by atoms with van der Waals surface area (Å²) in [5.41, 5.74) is 1.79. The van der Waals surface area contributed by atoms with E-state index >= 15 is 0 Å². The highest BCUT2D eigenvalue weighted by molar-refractivity contribution is 5.77. The predicted octanol–water partition coefficient (Wildman–Crippen LogP) is 1.91. The Bertz CT molecular complexity index is 809. The standard InChI is InChI=1S/C21H27FN4O3/c22-16-6-1-4-15(12-16)17(13-20(28)29)25-19(27)7-3-10-23-18-9-8-14-5-2-11-24-21(14)26-18/h1,4,6,8-9,12,17,21,23-24,26H,2-3,5,7,10-11,13H2,(H,25,27)(H,28,29)/t17-,21?/m0/s1. The van der Waals surface area contributed by atoms with Crippen LogP contribution in [-0.4, -0.2) is 36.2 Å². The van der Waals surface area contributed by atoms with Crippen LogP contribution in [0.5, 0.6) is 0 Å². The van der Waals surface area contributed by atoms with Gasteiger partial charge < -0.3 is 21.1 Å². The molecule has 0 spiro atoms. The van der Waals surface area contributed by atoms with Crippen molar-refractivity contribution in [2.24, 2.45) is 0 Å². The van der Waals surface area contributed by atoms with Gasteiger partial charge in [-0.3, -0.25) is 14.9 Å². The minimum absolute atomic E-state index is 0.169. The third-order valence-electron chi connectivity index (χ3n) is 4.99. The van der Waals surface area contributed by atoms with Crippen LogP contribution in [0.1, 0.15) is 43.7 Å². The van der Waals surface area contributed by atoms with Crippen LogP contribution < -0.4 is 21.3 Å². The van der Waals surface area contributed by atoms with E-state index in [1.165, 1.54) is 23.8 Å². The molecule has 0 aromatic heterocycles. The molecule has 1 aromatic rings. The quantitative estimate of drug-likeness (QED) is 0.405. The molecule has 1 fully saturated rings. The molecule has 29 heavy (non-hydrogen) atoms. The summed E-state index contributed by atoms with van der Waals surface area (Å²) in [5.74, 6) is -0.865. The lowest BCUT2D eigenvalue weighted by Gasteiger charge is -2.32. The number of carboxylic acids is 1. The van der Waals surface area contributed by atoms with E-state index in [0.717, 1.165) is 25.2 Å². The summed E-state index contributed by atoms with van der Waals surface area (Å²) in [7, 11) is 0. The molecule has 0 bridgehead atoms. The average molecular weight is 402 g/mol. The van der Waals surface area contributed by atoms with Crippen molar-refractivity contribution < 1.29 is 19.1 Å². The molecule has 2 atom stereocenters. The molecule has 0 saturated carbocycles. The number of hydrogen-bond acceptors (Lipinski definition) is 5. The highest BCUT2D eigenvalue weighted by atomic mass is 19.1. The zero-order chi connectivity index (χ0) is 20.6. The third kappa shape index (κ3) is 6.32. The number of fused-ring (bicyclic) bond motifs is 1. The van der Waals surface area contributed by atoms with Crippen molar-refractivity contribution in [2.45, 2.75) is 44.3 Å². The molecule has 0 aliphatic carbocycles. The van der Waals surface area contributed by atoms with Gasteiger partial charge in [-0.15, -0.1) is 0 Å². The summed E-state index contributed by atoms with van der Waals surface area (Å²) in [6.45, 7) is 1.59. The molecule has 5 N–H and O–H groups in total. The molecule has 3 rings (SSSR count). The van der Waals surface area contributed by atoms with Crippen molar-refractivity contribution in [1.82, 2.24) is 21.3 Å². The van der Waals surface area contributed by atoms with Crippen LogP contribution in [0.15, 0.2) is 47.8 Å². The van der Waals surface area contributed by atoms with Crippen LogP contribution in [0.3, 0.4) is 0 Å². The fraction of sp³-hybridized carbons (Fsp3) is 0.429. The van der Waals surface area contributed by atoms with Crippen LogP contribution in [0, 0.1) is 5.82 Å². The number of rotatable bonds is 9. The summed E-state index contributed by atoms with van der Waals surface area (Å²) < 4.78 is 13.4. The van der Waals surface area contributed by atoms with Gasteiger partial charge >= 0.3 is 5.97 Å². The zero-order valence-corrected chi connectivity index (χ0v) is 16.2. The SMILES string of the molecule is O=C(O)C[C@H](NC(=O)CCCNC1=CC=C2CCCNC2N1)c1cccc(F)c1. The molecule has 2 heterocycles. The first-order chi connectivity index (χ1) is 14.0. The van der Waals surface area contributed by atoms with E-state index in [2.05, 4.69) is 27.3 Å². The molecule has 1 amide bonds. The number of carbonyl (C=O) groups is 2. The Balaban J connectivity index is 1.44. The van der Waals surface area contributed by atoms with Crippen molar-refractivity contribution >= 4 is 11.9 Å². The van der Waals surface area contributed by atoms with Crippen molar-refractivity contribution in [1.29, 1.82) is 0 Å². The predicted molar refractivity (Wildman–Crippen MR) is 107 cm³/mol. The molecule has 1 saturated heterocycles. The Kier molecular flexibility index (Phi) is 7.24. The molecule has 2 aliphatic heterocycles. The number of nitrogens with one attached hydrogen (secondary N) is 4. The second-order valence-corrected chi connectivity index (χ2v) is 7.26. The van der Waals surface area contributed by atoms with E-state index in [1.807, 2.05) is 6.08 Å². The van der Waals surface area contributed by atoms with Crippen molar-refractivity contribution in [3.8, 4) is 0 Å². The summed E-state index contributed by atoms with van der Waals surface area (Å²) in [4.78, 5) is 23.4. The number of allylic oxidation sites excluding steroid dienone is 2. The second kappa shape index (κ2) is 10.1. The summed E-state index contributed by atoms with van der Waals surface area (Å²) in [6.07, 6.45) is 7.07. The molecule has 156 valence electrons. The van der Waals surface area contributed by atoms with Gasteiger partial charge in [-0.1, -0.05) is 18.2 Å². The first-order valence-electron chi connectivity index (χ1n) is 9.92. The Morgan fingerprint density at radius 2 is 2.17 bits per heavy atom. The van der Waals surface area contributed by atoms with E-state index < -0.39 is 17.8 Å². The number of carboxylic acid groups (broad SMARTS) is 1. The molecule has 8 heteroatoms. The Hall–Kier alpha value is -2.87. The van der Waals surface area contributed by atoms with Crippen LogP contribution in [-0.2, 0) is 9.59 Å². The minimum Gasteiger partial charge on any atom is -0.481 e. The molecular weight excluding hydrogens is 375 g/mol. The van der Waals surface area contributed by atoms with Crippen LogP contribution in [0.25, 0.3) is 0 Å². The smallest absolute Gasteiger partial charge is 0.305 e. The molecule has 0 radical (unpaired) electrons. The molecule has 1 aromatic carbocycles. The Morgan fingerprint density at radius 3 is 2.97 bits per heavy atom. The van der Waals surface area contributed by atoms with Crippen LogP contribution >= 0.6 is 0 Å². The maximum Gasteiger partial charge on any atom is 0.305 e. The fourth-order valence-electron chi connectivity index (χ4n) is 3.53. The molecular formula is C21H27FN4O3. The monoisotopic (exact) mass is 402 g/mol. The van der Waals surface area contributed by atoms with E-state index in [4.69, 9.17) is 5.11 Å². The first-order valence-corrected chi connectivity index (χ1v) is 9.92. The van der Waals surface area contributed by atoms with Crippen molar-refractivity contribution in [3.05, 3.63) is 59.2 Å². The first kappa shape index (κ1) is 20.9. The second-order valence-electron chi connectivity index (χ2n) is 7.26. The summed E-state index contributed by atoms with van der Waals surface area (Å²) in [5, 5.41) is 21.9. The summed E-state index contributed by atoms with van der Waals surface area (Å²) in [6, 6.07) is 4.89. The number of aliphatic carboxylic acids is 1. The summed E-state index contributed by atoms with van der Waals surface area (Å²) >= 11 is 0. The van der Waals surface area contributed by atoms with Gasteiger partial charge in [0.15, 0.2) is 0 Å². The highest BCUT2D eigenvalue weighted by Gasteiger charge is 2.21. The number of piperidine rings is 1. The van der Waals surface area contributed by atoms with Gasteiger partial charge in [0.2, 0.25) is 5.91 Å². The minimum atomic E-state index is -1.06. The number of dihydropyridines is 1. The van der Waals surface area contributed by atoms with Gasteiger partial charge in [0, 0.05) is 13.0 Å². The number of hydrogen-bond donors (Lipinski definition) is 5. The van der Waals surface area contributed by atoms with Gasteiger partial charge in [-0.2, -0.15) is 0 Å². The van der Waals surface area contributed by atoms with Gasteiger partial charge in [-0.25, -0.2) is 4.39 Å². The topological polar surface area (TPSA) is 102 Å². The molecule has 7 nitrogen and oxygen atoms in total. The Labute approximate surface area is 169 Å². The normalized spacial score (nSPS) is 19.1. The van der Waals surface area contributed by atoms with Gasteiger partial charge in [0.25, 0.3) is 0 Å². The van der Waals surface area contributed by atoms with Crippen LogP contribution in [0.4, 0.5) is 4.39 Å². The lowest BCUT2D eigenvalue weighted by molar-refractivity contribution is -0.137. The van der Waals surface area contributed by atoms with Crippen molar-refractivity contribution in [3.63, 3.8) is 0 Å². The average Bonchev–Trinajstić information content (AvgIpc) is 2.70. The lowest BCUT2D eigenvalue weighted by Crippen LogP contribution is -2.50. The van der Waals surface area contributed by atoms with Crippen LogP contribution in [0.2, 0.25) is 0 Å². The van der Waals surface area contributed by atoms with E-state index in [0.29, 0.717) is 18.5 Å². The zero-order valence-electron chi connectivity index (χ0n) is 16.2. The number of halogens is 1. The number of carbonyl (C=O) groups excluding carboxylic acids is 1. The van der Waals surface area contributed by atoms with Gasteiger partial charge in [-0.05, 0) is 55.2 Å². The van der Waals surface area contributed by atoms with E-state index in [-0.39, 0.29) is 24.9 Å². The maximum atomic E-state index is 13.4. The lowest BCUT2D eigenvalue weighted by atomic mass is 10.0.